The van der Waals surface area contributed by atoms with E-state index in [-0.39, 0.29) is 5.41 Å². The topological polar surface area (TPSA) is 33.7 Å². The second kappa shape index (κ2) is 7.21. The number of rotatable bonds is 7. The van der Waals surface area contributed by atoms with Crippen molar-refractivity contribution in [2.45, 2.75) is 45.8 Å². The maximum Gasteiger partial charge on any atom is 0.0702 e. The molecule has 2 saturated heterocycles. The molecule has 1 N–H and O–H groups in total. The van der Waals surface area contributed by atoms with E-state index in [1.807, 2.05) is 0 Å². The number of nitrogens with one attached hydrogen (secondary N) is 1. The van der Waals surface area contributed by atoms with Crippen molar-refractivity contribution >= 4 is 0 Å². The first-order valence-corrected chi connectivity index (χ1v) is 8.13. The van der Waals surface area contributed by atoms with Crippen LogP contribution in [-0.4, -0.2) is 63.5 Å². The van der Waals surface area contributed by atoms with Gasteiger partial charge in [-0.2, -0.15) is 0 Å². The Morgan fingerprint density at radius 3 is 2.70 bits per heavy atom. The fourth-order valence-corrected chi connectivity index (χ4v) is 3.54. The molecule has 0 aromatic rings. The van der Waals surface area contributed by atoms with Crippen molar-refractivity contribution in [3.8, 4) is 0 Å². The van der Waals surface area contributed by atoms with Crippen molar-refractivity contribution in [3.05, 3.63) is 0 Å². The van der Waals surface area contributed by atoms with Gasteiger partial charge in [0.05, 0.1) is 12.7 Å². The highest BCUT2D eigenvalue weighted by Crippen LogP contribution is 2.31. The summed E-state index contributed by atoms with van der Waals surface area (Å²) in [6, 6.07) is 0.567. The lowest BCUT2D eigenvalue weighted by Gasteiger charge is -2.36. The van der Waals surface area contributed by atoms with Crippen LogP contribution in [0.2, 0.25) is 0 Å². The van der Waals surface area contributed by atoms with Gasteiger partial charge in [-0.3, -0.25) is 0 Å². The average molecular weight is 284 g/mol. The molecule has 2 aliphatic rings. The molecule has 20 heavy (non-hydrogen) atoms. The van der Waals surface area contributed by atoms with Gasteiger partial charge in [0.15, 0.2) is 0 Å². The molecule has 0 aromatic heterocycles. The van der Waals surface area contributed by atoms with E-state index in [1.54, 1.807) is 0 Å². The van der Waals surface area contributed by atoms with E-state index in [9.17, 15) is 0 Å². The fraction of sp³-hybridized carbons (Fsp3) is 1.00. The van der Waals surface area contributed by atoms with Crippen LogP contribution in [0, 0.1) is 11.3 Å². The fourth-order valence-electron chi connectivity index (χ4n) is 3.54. The summed E-state index contributed by atoms with van der Waals surface area (Å²) < 4.78 is 11.4. The lowest BCUT2D eigenvalue weighted by molar-refractivity contribution is 0.0567. The third-order valence-electron chi connectivity index (χ3n) is 4.72. The van der Waals surface area contributed by atoms with Crippen molar-refractivity contribution in [1.29, 1.82) is 0 Å². The monoisotopic (exact) mass is 284 g/mol. The van der Waals surface area contributed by atoms with Crippen LogP contribution in [0.3, 0.4) is 0 Å². The quantitative estimate of drug-likeness (QED) is 0.772. The summed E-state index contributed by atoms with van der Waals surface area (Å²) in [5, 5.41) is 3.64. The minimum atomic E-state index is 0.284. The standard InChI is InChI=1S/C16H32N2O2/c1-13(2)9-17-10-16(6-8-19-12-16)11-18(4)15-5-7-20-14(15)3/h13-15,17H,5-12H2,1-4H3. The molecule has 4 heteroatoms. The third kappa shape index (κ3) is 4.17. The lowest BCUT2D eigenvalue weighted by Crippen LogP contribution is -2.48. The van der Waals surface area contributed by atoms with Gasteiger partial charge in [-0.25, -0.2) is 0 Å². The molecule has 0 spiro atoms. The Morgan fingerprint density at radius 2 is 2.15 bits per heavy atom. The SMILES string of the molecule is CC(C)CNCC1(CN(C)C2CCOC2C)CCOC1. The van der Waals surface area contributed by atoms with Crippen molar-refractivity contribution in [3.63, 3.8) is 0 Å². The van der Waals surface area contributed by atoms with E-state index >= 15 is 0 Å². The van der Waals surface area contributed by atoms with Gasteiger partial charge >= 0.3 is 0 Å². The zero-order chi connectivity index (χ0) is 14.6. The van der Waals surface area contributed by atoms with Crippen LogP contribution < -0.4 is 5.32 Å². The summed E-state index contributed by atoms with van der Waals surface area (Å²) in [6.07, 6.45) is 2.70. The number of hydrogen-bond donors (Lipinski definition) is 1. The minimum absolute atomic E-state index is 0.284. The van der Waals surface area contributed by atoms with E-state index in [0.29, 0.717) is 18.1 Å². The van der Waals surface area contributed by atoms with Crippen molar-refractivity contribution < 1.29 is 9.47 Å². The molecule has 3 unspecified atom stereocenters. The van der Waals surface area contributed by atoms with E-state index in [2.05, 4.69) is 38.0 Å². The van der Waals surface area contributed by atoms with Gasteiger partial charge in [0.25, 0.3) is 0 Å². The molecule has 2 rings (SSSR count). The first-order chi connectivity index (χ1) is 9.52. The van der Waals surface area contributed by atoms with Gasteiger partial charge in [-0.15, -0.1) is 0 Å². The zero-order valence-corrected chi connectivity index (χ0v) is 13.7. The molecule has 0 bridgehead atoms. The molecule has 0 saturated carbocycles. The highest BCUT2D eigenvalue weighted by molar-refractivity contribution is 4.91. The Kier molecular flexibility index (Phi) is 5.84. The van der Waals surface area contributed by atoms with Crippen LogP contribution in [0.5, 0.6) is 0 Å². The Labute approximate surface area is 124 Å². The summed E-state index contributed by atoms with van der Waals surface area (Å²) in [6.45, 7) is 12.7. The van der Waals surface area contributed by atoms with E-state index < -0.39 is 0 Å². The lowest BCUT2D eigenvalue weighted by atomic mass is 9.85. The minimum Gasteiger partial charge on any atom is -0.381 e. The highest BCUT2D eigenvalue weighted by Gasteiger charge is 2.38. The Hall–Kier alpha value is -0.160. The summed E-state index contributed by atoms with van der Waals surface area (Å²) in [5.41, 5.74) is 0.284. The van der Waals surface area contributed by atoms with Crippen molar-refractivity contribution in [1.82, 2.24) is 10.2 Å². The number of hydrogen-bond acceptors (Lipinski definition) is 4. The van der Waals surface area contributed by atoms with E-state index in [1.165, 1.54) is 6.42 Å². The second-order valence-electron chi connectivity index (χ2n) is 7.17. The molecular weight excluding hydrogens is 252 g/mol. The summed E-state index contributed by atoms with van der Waals surface area (Å²) in [4.78, 5) is 2.50. The molecule has 4 nitrogen and oxygen atoms in total. The molecule has 2 aliphatic heterocycles. The predicted octanol–water partition coefficient (Wildman–Crippen LogP) is 1.75. The predicted molar refractivity (Wildman–Crippen MR) is 82.0 cm³/mol. The van der Waals surface area contributed by atoms with Crippen molar-refractivity contribution in [2.75, 3.05) is 46.5 Å². The number of ether oxygens (including phenoxy) is 2. The zero-order valence-electron chi connectivity index (χ0n) is 13.7. The molecule has 3 atom stereocenters. The first-order valence-electron chi connectivity index (χ1n) is 8.13. The van der Waals surface area contributed by atoms with Gasteiger partial charge in [0.2, 0.25) is 0 Å². The van der Waals surface area contributed by atoms with Crippen LogP contribution in [-0.2, 0) is 9.47 Å². The van der Waals surface area contributed by atoms with E-state index in [0.717, 1.165) is 45.9 Å². The molecular formula is C16H32N2O2. The largest absolute Gasteiger partial charge is 0.381 e. The first kappa shape index (κ1) is 16.2. The van der Waals surface area contributed by atoms with Crippen LogP contribution in [0.1, 0.15) is 33.6 Å². The van der Waals surface area contributed by atoms with Crippen LogP contribution in [0.4, 0.5) is 0 Å². The normalized spacial score (nSPS) is 34.5. The van der Waals surface area contributed by atoms with Gasteiger partial charge < -0.3 is 19.7 Å². The van der Waals surface area contributed by atoms with Crippen LogP contribution >= 0.6 is 0 Å². The van der Waals surface area contributed by atoms with Crippen LogP contribution in [0.25, 0.3) is 0 Å². The Morgan fingerprint density at radius 1 is 1.35 bits per heavy atom. The maximum absolute atomic E-state index is 5.71. The Bertz CT molecular complexity index is 290. The number of nitrogens with zero attached hydrogens (tertiary/aromatic N) is 1. The highest BCUT2D eigenvalue weighted by atomic mass is 16.5. The molecule has 0 aromatic carbocycles. The van der Waals surface area contributed by atoms with Gasteiger partial charge in [-0.1, -0.05) is 13.8 Å². The smallest absolute Gasteiger partial charge is 0.0702 e. The summed E-state index contributed by atoms with van der Waals surface area (Å²) >= 11 is 0. The summed E-state index contributed by atoms with van der Waals surface area (Å²) in [5.74, 6) is 0.704. The third-order valence-corrected chi connectivity index (χ3v) is 4.72. The second-order valence-corrected chi connectivity index (χ2v) is 7.17. The molecule has 0 amide bonds. The molecule has 2 heterocycles. The molecule has 0 radical (unpaired) electrons. The maximum atomic E-state index is 5.71. The molecule has 118 valence electrons. The van der Waals surface area contributed by atoms with E-state index in [4.69, 9.17) is 9.47 Å². The number of likely N-dealkylation sites (N-methyl/N-ethyl adjacent to an activating group) is 1. The van der Waals surface area contributed by atoms with Gasteiger partial charge in [0, 0.05) is 37.8 Å². The Balaban J connectivity index is 1.87. The molecule has 2 fully saturated rings. The molecule has 0 aliphatic carbocycles. The van der Waals surface area contributed by atoms with Gasteiger partial charge in [0.1, 0.15) is 0 Å². The van der Waals surface area contributed by atoms with Gasteiger partial charge in [-0.05, 0) is 39.3 Å². The summed E-state index contributed by atoms with van der Waals surface area (Å²) in [7, 11) is 2.25. The van der Waals surface area contributed by atoms with Crippen molar-refractivity contribution in [2.24, 2.45) is 11.3 Å². The average Bonchev–Trinajstić information content (AvgIpc) is 2.98. The van der Waals surface area contributed by atoms with Crippen LogP contribution in [0.15, 0.2) is 0 Å².